The Hall–Kier alpha value is -2.51. The number of carboxylic acid groups (broad SMARTS) is 1. The predicted octanol–water partition coefficient (Wildman–Crippen LogP) is 4.91. The third-order valence-electron chi connectivity index (χ3n) is 7.35. The first-order valence-electron chi connectivity index (χ1n) is 13.2. The molecular formula is C30H39NO5. The van der Waals surface area contributed by atoms with E-state index in [1.54, 1.807) is 0 Å². The molecule has 2 N–H and O–H groups in total. The van der Waals surface area contributed by atoms with E-state index in [9.17, 15) is 9.90 Å². The molecule has 0 spiro atoms. The van der Waals surface area contributed by atoms with Crippen molar-refractivity contribution in [1.82, 2.24) is 4.90 Å². The van der Waals surface area contributed by atoms with Crippen molar-refractivity contribution in [3.05, 3.63) is 72.3 Å². The van der Waals surface area contributed by atoms with Gasteiger partial charge in [-0.05, 0) is 42.4 Å². The van der Waals surface area contributed by atoms with Crippen molar-refractivity contribution in [2.24, 2.45) is 5.92 Å². The zero-order chi connectivity index (χ0) is 25.2. The van der Waals surface area contributed by atoms with E-state index < -0.39 is 12.1 Å². The highest BCUT2D eigenvalue weighted by atomic mass is 16.5. The van der Waals surface area contributed by atoms with Gasteiger partial charge in [-0.3, -0.25) is 9.69 Å². The second-order valence-electron chi connectivity index (χ2n) is 9.85. The lowest BCUT2D eigenvalue weighted by molar-refractivity contribution is -0.136. The maximum atomic E-state index is 11.1. The van der Waals surface area contributed by atoms with E-state index in [0.29, 0.717) is 26.1 Å². The Kier molecular flexibility index (Phi) is 10.1. The second kappa shape index (κ2) is 13.7. The number of nitrogens with zero attached hydrogens (tertiary/aromatic N) is 1. The molecule has 4 atom stereocenters. The Balaban J connectivity index is 1.39. The SMILES string of the molecule is O=C(O)CC/C=C\CC[C@@H]1[C@@H](N2CCCOCC2)[C@H](O)C[C@@H]1OCc1ccc(-c2ccccc2)cc1. The Labute approximate surface area is 214 Å². The number of allylic oxidation sites excluding steroid dienone is 2. The number of carboxylic acids is 1. The molecule has 1 saturated heterocycles. The maximum absolute atomic E-state index is 11.1. The van der Waals surface area contributed by atoms with E-state index in [0.717, 1.165) is 44.5 Å². The van der Waals surface area contributed by atoms with Crippen molar-refractivity contribution in [2.75, 3.05) is 26.3 Å². The van der Waals surface area contributed by atoms with Gasteiger partial charge in [-0.2, -0.15) is 0 Å². The third-order valence-corrected chi connectivity index (χ3v) is 7.35. The first kappa shape index (κ1) is 26.6. The fraction of sp³-hybridized carbons (Fsp3) is 0.500. The maximum Gasteiger partial charge on any atom is 0.303 e. The average molecular weight is 494 g/mol. The smallest absolute Gasteiger partial charge is 0.303 e. The molecule has 2 aromatic rings. The molecule has 2 aliphatic rings. The van der Waals surface area contributed by atoms with Crippen molar-refractivity contribution in [1.29, 1.82) is 0 Å². The standard InChI is InChI=1S/C30H39NO5/c32-27-21-28(36-22-23-13-15-25(16-14-23)24-9-4-3-5-10-24)26(11-6-1-2-7-12-29(33)34)30(27)31-17-8-19-35-20-18-31/h1-5,9-10,13-16,26-28,30,32H,6-8,11-12,17-22H2,(H,33,34)/b2-1-/t26-,27+,28-,30+/m0/s1. The molecule has 1 saturated carbocycles. The number of ether oxygens (including phenoxy) is 2. The van der Waals surface area contributed by atoms with Crippen molar-refractivity contribution >= 4 is 5.97 Å². The minimum atomic E-state index is -0.771. The number of aliphatic hydroxyl groups is 1. The van der Waals surface area contributed by atoms with E-state index >= 15 is 0 Å². The van der Waals surface area contributed by atoms with E-state index in [1.165, 1.54) is 11.1 Å². The van der Waals surface area contributed by atoms with Crippen LogP contribution < -0.4 is 0 Å². The van der Waals surface area contributed by atoms with E-state index in [1.807, 2.05) is 24.3 Å². The van der Waals surface area contributed by atoms with Gasteiger partial charge in [0.25, 0.3) is 0 Å². The van der Waals surface area contributed by atoms with Gasteiger partial charge in [-0.15, -0.1) is 0 Å². The highest BCUT2D eigenvalue weighted by Gasteiger charge is 2.45. The predicted molar refractivity (Wildman–Crippen MR) is 141 cm³/mol. The van der Waals surface area contributed by atoms with Crippen molar-refractivity contribution in [3.63, 3.8) is 0 Å². The molecule has 2 fully saturated rings. The summed E-state index contributed by atoms with van der Waals surface area (Å²) in [7, 11) is 0. The van der Waals surface area contributed by atoms with Gasteiger partial charge in [0, 0.05) is 44.5 Å². The molecule has 0 bridgehead atoms. The molecule has 2 aromatic carbocycles. The molecular weight excluding hydrogens is 454 g/mol. The van der Waals surface area contributed by atoms with Gasteiger partial charge in [0.15, 0.2) is 0 Å². The Morgan fingerprint density at radius 1 is 1.00 bits per heavy atom. The number of carbonyl (C=O) groups is 1. The van der Waals surface area contributed by atoms with E-state index in [4.69, 9.17) is 14.6 Å². The number of aliphatic hydroxyl groups excluding tert-OH is 1. The molecule has 0 aromatic heterocycles. The molecule has 0 amide bonds. The summed E-state index contributed by atoms with van der Waals surface area (Å²) < 4.78 is 12.1. The molecule has 6 heteroatoms. The lowest BCUT2D eigenvalue weighted by Gasteiger charge is -2.34. The van der Waals surface area contributed by atoms with Crippen molar-refractivity contribution in [3.8, 4) is 11.1 Å². The third kappa shape index (κ3) is 7.50. The number of hydrogen-bond donors (Lipinski definition) is 2. The van der Waals surface area contributed by atoms with Crippen LogP contribution in [0.2, 0.25) is 0 Å². The Bertz CT molecular complexity index is 953. The second-order valence-corrected chi connectivity index (χ2v) is 9.85. The quantitative estimate of drug-likeness (QED) is 0.433. The van der Waals surface area contributed by atoms with Crippen LogP contribution >= 0.6 is 0 Å². The monoisotopic (exact) mass is 493 g/mol. The summed E-state index contributed by atoms with van der Waals surface area (Å²) in [5, 5.41) is 19.9. The minimum Gasteiger partial charge on any atom is -0.481 e. The van der Waals surface area contributed by atoms with Gasteiger partial charge >= 0.3 is 5.97 Å². The largest absolute Gasteiger partial charge is 0.481 e. The van der Waals surface area contributed by atoms with Gasteiger partial charge in [0.1, 0.15) is 0 Å². The number of hydrogen-bond acceptors (Lipinski definition) is 5. The lowest BCUT2D eigenvalue weighted by Crippen LogP contribution is -2.46. The van der Waals surface area contributed by atoms with Crippen LogP contribution in [0.25, 0.3) is 11.1 Å². The zero-order valence-corrected chi connectivity index (χ0v) is 21.0. The van der Waals surface area contributed by atoms with Gasteiger partial charge in [-0.1, -0.05) is 66.7 Å². The average Bonchev–Trinajstić information content (AvgIpc) is 3.03. The van der Waals surface area contributed by atoms with Crippen LogP contribution in [0.15, 0.2) is 66.7 Å². The van der Waals surface area contributed by atoms with E-state index in [-0.39, 0.29) is 24.5 Å². The van der Waals surface area contributed by atoms with E-state index in [2.05, 4.69) is 47.4 Å². The van der Waals surface area contributed by atoms with Crippen LogP contribution in [-0.4, -0.2) is 65.6 Å². The first-order valence-corrected chi connectivity index (χ1v) is 13.2. The highest BCUT2D eigenvalue weighted by Crippen LogP contribution is 2.37. The molecule has 36 heavy (non-hydrogen) atoms. The molecule has 4 rings (SSSR count). The first-order chi connectivity index (χ1) is 17.6. The summed E-state index contributed by atoms with van der Waals surface area (Å²) in [4.78, 5) is 13.1. The van der Waals surface area contributed by atoms with Crippen LogP contribution in [0.1, 0.15) is 44.1 Å². The highest BCUT2D eigenvalue weighted by molar-refractivity contribution is 5.66. The molecule has 0 radical (unpaired) electrons. The van der Waals surface area contributed by atoms with Crippen molar-refractivity contribution in [2.45, 2.75) is 63.4 Å². The Morgan fingerprint density at radius 3 is 2.53 bits per heavy atom. The van der Waals surface area contributed by atoms with Crippen LogP contribution in [0.4, 0.5) is 0 Å². The molecule has 1 aliphatic carbocycles. The summed E-state index contributed by atoms with van der Waals surface area (Å²) in [5.41, 5.74) is 3.51. The van der Waals surface area contributed by atoms with Gasteiger partial charge in [0.05, 0.1) is 25.4 Å². The minimum absolute atomic E-state index is 0.0182. The molecule has 1 aliphatic heterocycles. The normalized spacial score (nSPS) is 25.2. The molecule has 6 nitrogen and oxygen atoms in total. The van der Waals surface area contributed by atoms with Crippen molar-refractivity contribution < 1.29 is 24.5 Å². The van der Waals surface area contributed by atoms with Gasteiger partial charge < -0.3 is 19.7 Å². The fourth-order valence-electron chi connectivity index (χ4n) is 5.54. The number of rotatable bonds is 11. The zero-order valence-electron chi connectivity index (χ0n) is 21.0. The summed E-state index contributed by atoms with van der Waals surface area (Å²) in [6, 6.07) is 18.9. The summed E-state index contributed by atoms with van der Waals surface area (Å²) in [6.45, 7) is 3.76. The molecule has 194 valence electrons. The number of aliphatic carboxylic acids is 1. The van der Waals surface area contributed by atoms with Crippen LogP contribution in [0.3, 0.4) is 0 Å². The molecule has 1 heterocycles. The summed E-state index contributed by atoms with van der Waals surface area (Å²) in [6.07, 6.45) is 7.67. The summed E-state index contributed by atoms with van der Waals surface area (Å²) in [5.74, 6) is -0.557. The topological polar surface area (TPSA) is 79.2 Å². The van der Waals surface area contributed by atoms with Gasteiger partial charge in [-0.25, -0.2) is 0 Å². The summed E-state index contributed by atoms with van der Waals surface area (Å²) >= 11 is 0. The number of benzene rings is 2. The van der Waals surface area contributed by atoms with Gasteiger partial charge in [0.2, 0.25) is 0 Å². The Morgan fingerprint density at radius 2 is 1.75 bits per heavy atom. The van der Waals surface area contributed by atoms with Crippen LogP contribution in [0, 0.1) is 5.92 Å². The fourth-order valence-corrected chi connectivity index (χ4v) is 5.54. The molecule has 0 unspecified atom stereocenters. The van der Waals surface area contributed by atoms with Crippen LogP contribution in [0.5, 0.6) is 0 Å². The van der Waals surface area contributed by atoms with Crippen LogP contribution in [-0.2, 0) is 20.9 Å². The lowest BCUT2D eigenvalue weighted by atomic mass is 9.93.